The fourth-order valence-electron chi connectivity index (χ4n) is 2.37. The molecule has 0 saturated carbocycles. The predicted octanol–water partition coefficient (Wildman–Crippen LogP) is 3.79. The van der Waals surface area contributed by atoms with Crippen molar-refractivity contribution in [2.45, 2.75) is 13.3 Å². The first-order valence-electron chi connectivity index (χ1n) is 9.16. The van der Waals surface area contributed by atoms with Crippen LogP contribution >= 0.6 is 23.1 Å². The molecule has 3 heterocycles. The number of thiazole rings is 1. The van der Waals surface area contributed by atoms with E-state index < -0.39 is 0 Å². The lowest BCUT2D eigenvalue weighted by molar-refractivity contribution is 0.339. The molecule has 2 N–H and O–H groups in total. The SMILES string of the molecule is C=N/C(=C\SCNC1=NCCCN1)c1csc(-c2ccc(OCC(=C)C)nc2)n1. The molecular formula is C20H24N6OS2. The van der Waals surface area contributed by atoms with Crippen LogP contribution in [0.5, 0.6) is 5.88 Å². The summed E-state index contributed by atoms with van der Waals surface area (Å²) in [5, 5.41) is 11.3. The minimum absolute atomic E-state index is 0.461. The Bertz CT molecular complexity index is 904. The summed E-state index contributed by atoms with van der Waals surface area (Å²) in [6.45, 7) is 11.7. The van der Waals surface area contributed by atoms with Gasteiger partial charge in [0.15, 0.2) is 5.96 Å². The number of pyridine rings is 1. The van der Waals surface area contributed by atoms with Crippen molar-refractivity contribution in [1.82, 2.24) is 20.6 Å². The van der Waals surface area contributed by atoms with Crippen LogP contribution < -0.4 is 15.4 Å². The van der Waals surface area contributed by atoms with Crippen LogP contribution in [0.3, 0.4) is 0 Å². The molecule has 0 radical (unpaired) electrons. The monoisotopic (exact) mass is 428 g/mol. The lowest BCUT2D eigenvalue weighted by Gasteiger charge is -2.15. The van der Waals surface area contributed by atoms with E-state index in [1.165, 1.54) is 0 Å². The van der Waals surface area contributed by atoms with Crippen molar-refractivity contribution < 1.29 is 4.74 Å². The predicted molar refractivity (Wildman–Crippen MR) is 124 cm³/mol. The Kier molecular flexibility index (Phi) is 7.83. The Morgan fingerprint density at radius 2 is 2.38 bits per heavy atom. The zero-order valence-corrected chi connectivity index (χ0v) is 18.0. The third-order valence-corrected chi connectivity index (χ3v) is 5.39. The molecular weight excluding hydrogens is 404 g/mol. The highest BCUT2D eigenvalue weighted by Gasteiger charge is 2.09. The summed E-state index contributed by atoms with van der Waals surface area (Å²) in [6.07, 6.45) is 2.84. The van der Waals surface area contributed by atoms with E-state index in [4.69, 9.17) is 4.74 Å². The molecule has 0 atom stereocenters. The van der Waals surface area contributed by atoms with Crippen LogP contribution in [0, 0.1) is 0 Å². The first-order chi connectivity index (χ1) is 14.2. The first-order valence-corrected chi connectivity index (χ1v) is 11.1. The van der Waals surface area contributed by atoms with Crippen molar-refractivity contribution in [2.24, 2.45) is 9.98 Å². The number of nitrogens with zero attached hydrogens (tertiary/aromatic N) is 4. The van der Waals surface area contributed by atoms with Gasteiger partial charge in [0.1, 0.15) is 17.3 Å². The van der Waals surface area contributed by atoms with Gasteiger partial charge in [-0.25, -0.2) is 9.97 Å². The van der Waals surface area contributed by atoms with Crippen molar-refractivity contribution in [3.8, 4) is 16.5 Å². The second-order valence-corrected chi connectivity index (χ2v) is 8.04. The normalized spacial score (nSPS) is 14.0. The zero-order valence-electron chi connectivity index (χ0n) is 16.4. The molecule has 0 unspecified atom stereocenters. The van der Waals surface area contributed by atoms with Gasteiger partial charge in [0.2, 0.25) is 5.88 Å². The van der Waals surface area contributed by atoms with Crippen molar-refractivity contribution in [3.05, 3.63) is 47.0 Å². The molecule has 0 spiro atoms. The van der Waals surface area contributed by atoms with Gasteiger partial charge in [-0.05, 0) is 31.7 Å². The molecule has 3 rings (SSSR count). The number of nitrogens with one attached hydrogen (secondary N) is 2. The van der Waals surface area contributed by atoms with Crippen LogP contribution in [0.1, 0.15) is 19.0 Å². The van der Waals surface area contributed by atoms with Gasteiger partial charge in [0, 0.05) is 41.7 Å². The number of hydrogen-bond acceptors (Lipinski definition) is 9. The van der Waals surface area contributed by atoms with Crippen molar-refractivity contribution in [3.63, 3.8) is 0 Å². The van der Waals surface area contributed by atoms with Crippen molar-refractivity contribution in [1.29, 1.82) is 0 Å². The fourth-order valence-corrected chi connectivity index (χ4v) is 3.83. The molecule has 2 aromatic rings. The van der Waals surface area contributed by atoms with Gasteiger partial charge in [-0.2, -0.15) is 0 Å². The molecule has 0 fully saturated rings. The second-order valence-electron chi connectivity index (χ2n) is 6.33. The summed E-state index contributed by atoms with van der Waals surface area (Å²) in [7, 11) is 0. The number of rotatable bonds is 9. The maximum atomic E-state index is 5.54. The fraction of sp³-hybridized carbons (Fsp3) is 0.300. The van der Waals surface area contributed by atoms with E-state index in [-0.39, 0.29) is 0 Å². The van der Waals surface area contributed by atoms with E-state index in [9.17, 15) is 0 Å². The Morgan fingerprint density at radius 1 is 1.48 bits per heavy atom. The molecule has 9 heteroatoms. The highest BCUT2D eigenvalue weighted by Crippen LogP contribution is 2.28. The molecule has 152 valence electrons. The van der Waals surface area contributed by atoms with Crippen LogP contribution in [-0.2, 0) is 0 Å². The van der Waals surface area contributed by atoms with E-state index in [1.54, 1.807) is 29.3 Å². The van der Waals surface area contributed by atoms with E-state index in [0.717, 1.165) is 53.0 Å². The molecule has 0 bridgehead atoms. The number of hydrogen-bond donors (Lipinski definition) is 2. The van der Waals surface area contributed by atoms with Crippen LogP contribution in [0.15, 0.2) is 51.3 Å². The summed E-state index contributed by atoms with van der Waals surface area (Å²) < 4.78 is 5.54. The molecule has 2 aromatic heterocycles. The molecule has 0 amide bonds. The largest absolute Gasteiger partial charge is 0.473 e. The van der Waals surface area contributed by atoms with Gasteiger partial charge < -0.3 is 15.4 Å². The van der Waals surface area contributed by atoms with Crippen LogP contribution in [-0.4, -0.2) is 48.2 Å². The quantitative estimate of drug-likeness (QED) is 0.274. The van der Waals surface area contributed by atoms with E-state index >= 15 is 0 Å². The molecule has 7 nitrogen and oxygen atoms in total. The van der Waals surface area contributed by atoms with Gasteiger partial charge in [-0.3, -0.25) is 9.98 Å². The smallest absolute Gasteiger partial charge is 0.213 e. The van der Waals surface area contributed by atoms with E-state index in [2.05, 4.69) is 43.9 Å². The Balaban J connectivity index is 1.58. The molecule has 1 aliphatic rings. The molecule has 1 aliphatic heterocycles. The minimum Gasteiger partial charge on any atom is -0.473 e. The van der Waals surface area contributed by atoms with Crippen LogP contribution in [0.25, 0.3) is 16.3 Å². The summed E-state index contributed by atoms with van der Waals surface area (Å²) in [6, 6.07) is 3.79. The maximum absolute atomic E-state index is 5.54. The number of thioether (sulfide) groups is 1. The summed E-state index contributed by atoms with van der Waals surface area (Å²) in [5.74, 6) is 2.12. The van der Waals surface area contributed by atoms with Gasteiger partial charge in [-0.1, -0.05) is 6.58 Å². The molecule has 29 heavy (non-hydrogen) atoms. The van der Waals surface area contributed by atoms with E-state index in [0.29, 0.717) is 18.4 Å². The Hall–Kier alpha value is -2.65. The summed E-state index contributed by atoms with van der Waals surface area (Å²) >= 11 is 3.13. The Morgan fingerprint density at radius 3 is 3.07 bits per heavy atom. The lowest BCUT2D eigenvalue weighted by atomic mass is 10.3. The van der Waals surface area contributed by atoms with Crippen molar-refractivity contribution in [2.75, 3.05) is 25.6 Å². The minimum atomic E-state index is 0.461. The number of aromatic nitrogens is 2. The first kappa shape index (κ1) is 21.1. The Labute approximate surface area is 179 Å². The third kappa shape index (κ3) is 6.43. The number of ether oxygens (including phenoxy) is 1. The van der Waals surface area contributed by atoms with Crippen LogP contribution in [0.4, 0.5) is 0 Å². The molecule has 0 aliphatic carbocycles. The topological polar surface area (TPSA) is 83.8 Å². The van der Waals surface area contributed by atoms with Gasteiger partial charge in [0.05, 0.1) is 11.6 Å². The maximum Gasteiger partial charge on any atom is 0.213 e. The number of guanidine groups is 1. The average Bonchev–Trinajstić information content (AvgIpc) is 3.23. The summed E-state index contributed by atoms with van der Waals surface area (Å²) in [4.78, 5) is 17.5. The zero-order chi connectivity index (χ0) is 20.5. The third-order valence-electron chi connectivity index (χ3n) is 3.80. The van der Waals surface area contributed by atoms with Crippen LogP contribution in [0.2, 0.25) is 0 Å². The summed E-state index contributed by atoms with van der Waals surface area (Å²) in [5.41, 5.74) is 3.42. The lowest BCUT2D eigenvalue weighted by Crippen LogP contribution is -2.40. The average molecular weight is 429 g/mol. The van der Waals surface area contributed by atoms with Gasteiger partial charge in [-0.15, -0.1) is 23.1 Å². The molecule has 0 saturated heterocycles. The van der Waals surface area contributed by atoms with E-state index in [1.807, 2.05) is 29.8 Å². The highest BCUT2D eigenvalue weighted by molar-refractivity contribution is 8.02. The standard InChI is InChI=1S/C20H24N6OS2/c1-14(2)10-27-18-6-5-15(9-24-18)19-26-17(12-29-19)16(21-3)11-28-13-25-20-22-7-4-8-23-20/h5-6,9,11-12H,1,3-4,7-8,10,13H2,2H3,(H2,22,23,25)/b16-11-. The van der Waals surface area contributed by atoms with Gasteiger partial charge >= 0.3 is 0 Å². The number of aliphatic imine (C=N–C) groups is 2. The second kappa shape index (κ2) is 10.8. The molecule has 0 aromatic carbocycles. The highest BCUT2D eigenvalue weighted by atomic mass is 32.2. The van der Waals surface area contributed by atoms with Gasteiger partial charge in [0.25, 0.3) is 0 Å². The van der Waals surface area contributed by atoms with Crippen molar-refractivity contribution >= 4 is 41.5 Å².